The summed E-state index contributed by atoms with van der Waals surface area (Å²) in [6.07, 6.45) is 0. The molecule has 0 bridgehead atoms. The van der Waals surface area contributed by atoms with Crippen molar-refractivity contribution in [1.29, 1.82) is 0 Å². The first-order valence-corrected chi connectivity index (χ1v) is 9.76. The van der Waals surface area contributed by atoms with Crippen molar-refractivity contribution >= 4 is 35.0 Å². The highest BCUT2D eigenvalue weighted by Gasteiger charge is 2.15. The molecular weight excluding hydrogens is 397 g/mol. The van der Waals surface area contributed by atoms with Crippen LogP contribution in [0.5, 0.6) is 0 Å². The van der Waals surface area contributed by atoms with Gasteiger partial charge in [-0.25, -0.2) is 4.98 Å². The molecule has 6 heteroatoms. The van der Waals surface area contributed by atoms with Gasteiger partial charge in [-0.05, 0) is 30.3 Å². The zero-order chi connectivity index (χ0) is 18.6. The molecule has 3 aromatic carbocycles. The van der Waals surface area contributed by atoms with E-state index in [1.165, 1.54) is 0 Å². The van der Waals surface area contributed by atoms with Crippen LogP contribution in [0.3, 0.4) is 0 Å². The fourth-order valence-electron chi connectivity index (χ4n) is 2.55. The first-order valence-electron chi connectivity index (χ1n) is 8.19. The van der Waals surface area contributed by atoms with Crippen LogP contribution in [0, 0.1) is 0 Å². The maximum Gasteiger partial charge on any atom is 0.184 e. The molecule has 0 aliphatic heterocycles. The maximum atomic E-state index is 6.33. The van der Waals surface area contributed by atoms with Crippen LogP contribution in [0.4, 0.5) is 0 Å². The molecule has 4 rings (SSSR count). The number of halogens is 2. The lowest BCUT2D eigenvalue weighted by Crippen LogP contribution is -1.99. The molecule has 0 atom stereocenters. The van der Waals surface area contributed by atoms with E-state index < -0.39 is 0 Å². The number of rotatable bonds is 4. The third-order valence-corrected chi connectivity index (χ3v) is 5.37. The monoisotopic (exact) mass is 409 g/mol. The number of hydrogen-bond donors (Lipinski definition) is 0. The van der Waals surface area contributed by atoms with Crippen molar-refractivity contribution in [3.8, 4) is 22.6 Å². The number of benzene rings is 3. The van der Waals surface area contributed by atoms with Crippen LogP contribution in [-0.2, 0) is 0 Å². The van der Waals surface area contributed by atoms with Gasteiger partial charge in [-0.1, -0.05) is 83.5 Å². The lowest BCUT2D eigenvalue weighted by Gasteiger charge is -2.10. The quantitative estimate of drug-likeness (QED) is 0.377. The van der Waals surface area contributed by atoms with Crippen molar-refractivity contribution in [2.45, 2.75) is 9.92 Å². The molecular formula is C21H13Cl2N3S. The van der Waals surface area contributed by atoms with Crippen LogP contribution in [-0.4, -0.2) is 15.2 Å². The van der Waals surface area contributed by atoms with E-state index in [9.17, 15) is 0 Å². The predicted molar refractivity (Wildman–Crippen MR) is 111 cm³/mol. The van der Waals surface area contributed by atoms with E-state index in [-0.39, 0.29) is 0 Å². The minimum absolute atomic E-state index is 0.467. The lowest BCUT2D eigenvalue weighted by molar-refractivity contribution is 0.924. The smallest absolute Gasteiger partial charge is 0.184 e. The fourth-order valence-corrected chi connectivity index (χ4v) is 3.94. The van der Waals surface area contributed by atoms with E-state index in [0.29, 0.717) is 21.4 Å². The molecule has 0 radical (unpaired) electrons. The Kier molecular flexibility index (Phi) is 5.39. The second-order valence-corrected chi connectivity index (χ2v) is 7.60. The highest BCUT2D eigenvalue weighted by atomic mass is 35.5. The van der Waals surface area contributed by atoms with Gasteiger partial charge in [0, 0.05) is 21.0 Å². The third-order valence-electron chi connectivity index (χ3n) is 3.83. The highest BCUT2D eigenvalue weighted by molar-refractivity contribution is 7.99. The first kappa shape index (κ1) is 18.0. The topological polar surface area (TPSA) is 38.7 Å². The van der Waals surface area contributed by atoms with Gasteiger partial charge in [0.25, 0.3) is 0 Å². The molecule has 0 amide bonds. The maximum absolute atomic E-state index is 6.33. The molecule has 0 saturated heterocycles. The molecule has 4 aromatic rings. The van der Waals surface area contributed by atoms with Crippen LogP contribution in [0.25, 0.3) is 22.6 Å². The summed E-state index contributed by atoms with van der Waals surface area (Å²) in [6, 6.07) is 25.2. The summed E-state index contributed by atoms with van der Waals surface area (Å²) in [5.41, 5.74) is 2.39. The van der Waals surface area contributed by atoms with Gasteiger partial charge in [-0.2, -0.15) is 0 Å². The molecule has 0 N–H and O–H groups in total. The van der Waals surface area contributed by atoms with Crippen molar-refractivity contribution in [3.63, 3.8) is 0 Å². The molecule has 0 spiro atoms. The standard InChI is InChI=1S/C21H13Cl2N3S/c22-15-11-12-17(18(23)13-15)20-24-21(27-16-9-5-2-6-10-16)19(25-26-20)14-7-3-1-4-8-14/h1-13H. The Morgan fingerprint density at radius 3 is 2.15 bits per heavy atom. The summed E-state index contributed by atoms with van der Waals surface area (Å²) in [6.45, 7) is 0. The molecule has 0 aliphatic carbocycles. The van der Waals surface area contributed by atoms with Gasteiger partial charge in [0.05, 0.1) is 5.02 Å². The number of hydrogen-bond acceptors (Lipinski definition) is 4. The van der Waals surface area contributed by atoms with Crippen LogP contribution < -0.4 is 0 Å². The van der Waals surface area contributed by atoms with Gasteiger partial charge < -0.3 is 0 Å². The summed E-state index contributed by atoms with van der Waals surface area (Å²) in [5.74, 6) is 0.467. The summed E-state index contributed by atoms with van der Waals surface area (Å²) in [4.78, 5) is 5.84. The third kappa shape index (κ3) is 4.14. The molecule has 1 aromatic heterocycles. The van der Waals surface area contributed by atoms with Gasteiger partial charge in [0.15, 0.2) is 5.82 Å². The van der Waals surface area contributed by atoms with Gasteiger partial charge in [0.2, 0.25) is 0 Å². The Bertz CT molecular complexity index is 1070. The molecule has 27 heavy (non-hydrogen) atoms. The Hall–Kier alpha value is -2.40. The van der Waals surface area contributed by atoms with Gasteiger partial charge in [0.1, 0.15) is 10.7 Å². The summed E-state index contributed by atoms with van der Waals surface area (Å²) in [7, 11) is 0. The zero-order valence-corrected chi connectivity index (χ0v) is 16.3. The highest BCUT2D eigenvalue weighted by Crippen LogP contribution is 2.35. The normalized spacial score (nSPS) is 10.7. The van der Waals surface area contributed by atoms with Crippen molar-refractivity contribution in [2.75, 3.05) is 0 Å². The summed E-state index contributed by atoms with van der Waals surface area (Å²) < 4.78 is 0. The molecule has 0 unspecified atom stereocenters. The van der Waals surface area contributed by atoms with Crippen molar-refractivity contribution < 1.29 is 0 Å². The minimum atomic E-state index is 0.467. The van der Waals surface area contributed by atoms with Crippen LogP contribution in [0.1, 0.15) is 0 Å². The second kappa shape index (κ2) is 8.09. The Morgan fingerprint density at radius 1 is 0.741 bits per heavy atom. The first-order chi connectivity index (χ1) is 13.2. The van der Waals surface area contributed by atoms with Crippen molar-refractivity contribution in [2.24, 2.45) is 0 Å². The van der Waals surface area contributed by atoms with E-state index in [0.717, 1.165) is 21.2 Å². The van der Waals surface area contributed by atoms with E-state index >= 15 is 0 Å². The summed E-state index contributed by atoms with van der Waals surface area (Å²) in [5, 5.41) is 10.6. The van der Waals surface area contributed by atoms with E-state index in [1.54, 1.807) is 30.0 Å². The van der Waals surface area contributed by atoms with Crippen LogP contribution in [0.15, 0.2) is 88.8 Å². The van der Waals surface area contributed by atoms with Gasteiger partial charge in [-0.3, -0.25) is 0 Å². The zero-order valence-electron chi connectivity index (χ0n) is 14.0. The second-order valence-electron chi connectivity index (χ2n) is 5.69. The lowest BCUT2D eigenvalue weighted by atomic mass is 10.1. The Balaban J connectivity index is 1.83. The van der Waals surface area contributed by atoms with Crippen molar-refractivity contribution in [3.05, 3.63) is 88.9 Å². The van der Waals surface area contributed by atoms with Crippen molar-refractivity contribution in [1.82, 2.24) is 15.2 Å². The molecule has 1 heterocycles. The average Bonchev–Trinajstić information content (AvgIpc) is 2.69. The SMILES string of the molecule is Clc1ccc(-c2nnc(-c3ccccc3)c(Sc3ccccc3)n2)c(Cl)c1. The summed E-state index contributed by atoms with van der Waals surface area (Å²) >= 11 is 13.9. The molecule has 3 nitrogen and oxygen atoms in total. The predicted octanol–water partition coefficient (Wildman–Crippen LogP) is 6.66. The molecule has 0 saturated carbocycles. The van der Waals surface area contributed by atoms with Gasteiger partial charge >= 0.3 is 0 Å². The number of nitrogens with zero attached hydrogens (tertiary/aromatic N) is 3. The van der Waals surface area contributed by atoms with Crippen LogP contribution >= 0.6 is 35.0 Å². The molecule has 0 fully saturated rings. The molecule has 0 aliphatic rings. The Labute approximate surface area is 171 Å². The van der Waals surface area contributed by atoms with Crippen LogP contribution in [0.2, 0.25) is 10.0 Å². The van der Waals surface area contributed by atoms with E-state index in [4.69, 9.17) is 28.2 Å². The number of aromatic nitrogens is 3. The van der Waals surface area contributed by atoms with Gasteiger partial charge in [-0.15, -0.1) is 10.2 Å². The Morgan fingerprint density at radius 2 is 1.44 bits per heavy atom. The fraction of sp³-hybridized carbons (Fsp3) is 0. The van der Waals surface area contributed by atoms with E-state index in [1.807, 2.05) is 60.7 Å². The largest absolute Gasteiger partial charge is 0.217 e. The average molecular weight is 410 g/mol. The van der Waals surface area contributed by atoms with E-state index in [2.05, 4.69) is 10.2 Å². The molecule has 132 valence electrons. The minimum Gasteiger partial charge on any atom is -0.217 e.